The Morgan fingerprint density at radius 2 is 2.17 bits per heavy atom. The molecule has 0 radical (unpaired) electrons. The lowest BCUT2D eigenvalue weighted by molar-refractivity contribution is 0.127. The Hall–Kier alpha value is -0.780. The first kappa shape index (κ1) is 13.6. The van der Waals surface area contributed by atoms with Crippen LogP contribution >= 0.6 is 15.9 Å². The van der Waals surface area contributed by atoms with Gasteiger partial charge in [0.25, 0.3) is 0 Å². The summed E-state index contributed by atoms with van der Waals surface area (Å²) < 4.78 is 16.9. The van der Waals surface area contributed by atoms with Crippen LogP contribution in [0.2, 0.25) is 0 Å². The van der Waals surface area contributed by atoms with Crippen LogP contribution in [0, 0.1) is 0 Å². The van der Waals surface area contributed by atoms with Gasteiger partial charge in [0.2, 0.25) is 6.79 Å². The number of halogens is 1. The summed E-state index contributed by atoms with van der Waals surface area (Å²) in [4.78, 5) is 0. The molecule has 0 aliphatic carbocycles. The molecule has 18 heavy (non-hydrogen) atoms. The zero-order chi connectivity index (χ0) is 13.2. The maximum absolute atomic E-state index is 5.39. The molecule has 1 aromatic rings. The minimum Gasteiger partial charge on any atom is -0.454 e. The van der Waals surface area contributed by atoms with Crippen molar-refractivity contribution in [2.24, 2.45) is 0 Å². The van der Waals surface area contributed by atoms with E-state index in [0.29, 0.717) is 13.4 Å². The molecule has 0 saturated heterocycles. The Bertz CT molecular complexity index is 434. The van der Waals surface area contributed by atoms with E-state index in [0.717, 1.165) is 28.1 Å². The summed E-state index contributed by atoms with van der Waals surface area (Å²) in [6.45, 7) is 5.93. The van der Waals surface area contributed by atoms with Crippen molar-refractivity contribution in [3.05, 3.63) is 22.2 Å². The Morgan fingerprint density at radius 1 is 1.39 bits per heavy atom. The number of ether oxygens (including phenoxy) is 3. The monoisotopic (exact) mass is 315 g/mol. The molecule has 2 rings (SSSR count). The van der Waals surface area contributed by atoms with E-state index in [9.17, 15) is 0 Å². The van der Waals surface area contributed by atoms with E-state index < -0.39 is 0 Å². The van der Waals surface area contributed by atoms with Crippen molar-refractivity contribution in [3.8, 4) is 11.5 Å². The van der Waals surface area contributed by atoms with Crippen LogP contribution < -0.4 is 14.8 Å². The van der Waals surface area contributed by atoms with E-state index in [-0.39, 0.29) is 5.54 Å². The van der Waals surface area contributed by atoms with Gasteiger partial charge in [-0.3, -0.25) is 0 Å². The lowest BCUT2D eigenvalue weighted by Crippen LogP contribution is -2.42. The maximum atomic E-state index is 5.39. The molecule has 1 aliphatic heterocycles. The van der Waals surface area contributed by atoms with Crippen LogP contribution in [0.1, 0.15) is 19.4 Å². The average molecular weight is 316 g/mol. The van der Waals surface area contributed by atoms with Gasteiger partial charge in [-0.05, 0) is 47.5 Å². The zero-order valence-electron chi connectivity index (χ0n) is 10.9. The highest BCUT2D eigenvalue weighted by atomic mass is 79.9. The summed E-state index contributed by atoms with van der Waals surface area (Å²) >= 11 is 3.49. The number of hydrogen-bond donors (Lipinski definition) is 1. The fourth-order valence-corrected chi connectivity index (χ4v) is 2.48. The molecule has 0 aromatic heterocycles. The largest absolute Gasteiger partial charge is 0.454 e. The van der Waals surface area contributed by atoms with Gasteiger partial charge in [0.1, 0.15) is 0 Å². The van der Waals surface area contributed by atoms with Gasteiger partial charge < -0.3 is 19.5 Å². The lowest BCUT2D eigenvalue weighted by atomic mass is 10.1. The molecule has 1 heterocycles. The van der Waals surface area contributed by atoms with Gasteiger partial charge >= 0.3 is 0 Å². The number of hydrogen-bond acceptors (Lipinski definition) is 4. The molecule has 1 aliphatic rings. The first-order chi connectivity index (χ1) is 8.52. The fraction of sp³-hybridized carbons (Fsp3) is 0.538. The number of benzene rings is 1. The molecular formula is C13H18BrNO3. The second kappa shape index (κ2) is 5.47. The highest BCUT2D eigenvalue weighted by Crippen LogP contribution is 2.39. The third-order valence-electron chi connectivity index (χ3n) is 2.76. The molecule has 4 nitrogen and oxygen atoms in total. The minimum atomic E-state index is -0.0579. The van der Waals surface area contributed by atoms with Crippen molar-refractivity contribution < 1.29 is 14.2 Å². The van der Waals surface area contributed by atoms with Crippen molar-refractivity contribution in [3.63, 3.8) is 0 Å². The van der Waals surface area contributed by atoms with Crippen LogP contribution in [0.15, 0.2) is 16.6 Å². The van der Waals surface area contributed by atoms with Gasteiger partial charge in [0, 0.05) is 19.2 Å². The lowest BCUT2D eigenvalue weighted by Gasteiger charge is -2.25. The molecule has 0 atom stereocenters. The summed E-state index contributed by atoms with van der Waals surface area (Å²) in [5.41, 5.74) is 1.09. The van der Waals surface area contributed by atoms with Crippen LogP contribution in [-0.4, -0.2) is 26.0 Å². The SMILES string of the molecule is COCC(C)(C)NCc1cc(Br)c2c(c1)OCO2. The standard InChI is InChI=1S/C13H18BrNO3/c1-13(2,7-16-3)15-6-9-4-10(14)12-11(5-9)17-8-18-12/h4-5,15H,6-8H2,1-3H3. The summed E-state index contributed by atoms with van der Waals surface area (Å²) in [5.74, 6) is 1.58. The number of methoxy groups -OCH3 is 1. The molecule has 1 aromatic carbocycles. The molecule has 100 valence electrons. The van der Waals surface area contributed by atoms with Crippen molar-refractivity contribution in [2.45, 2.75) is 25.9 Å². The van der Waals surface area contributed by atoms with E-state index in [1.807, 2.05) is 12.1 Å². The van der Waals surface area contributed by atoms with E-state index in [1.165, 1.54) is 0 Å². The van der Waals surface area contributed by atoms with E-state index >= 15 is 0 Å². The predicted octanol–water partition coefficient (Wildman–Crippen LogP) is 2.69. The first-order valence-corrected chi connectivity index (χ1v) is 6.63. The van der Waals surface area contributed by atoms with Gasteiger partial charge in [-0.1, -0.05) is 0 Å². The van der Waals surface area contributed by atoms with E-state index in [1.54, 1.807) is 7.11 Å². The Balaban J connectivity index is 2.04. The Labute approximate surface area is 116 Å². The van der Waals surface area contributed by atoms with Crippen LogP contribution in [0.3, 0.4) is 0 Å². The number of nitrogens with one attached hydrogen (secondary N) is 1. The molecule has 0 unspecified atom stereocenters. The molecule has 0 amide bonds. The molecule has 0 bridgehead atoms. The average Bonchev–Trinajstić information content (AvgIpc) is 2.75. The Kier molecular flexibility index (Phi) is 4.14. The third kappa shape index (κ3) is 3.16. The van der Waals surface area contributed by atoms with Crippen LogP contribution in [0.25, 0.3) is 0 Å². The van der Waals surface area contributed by atoms with Crippen molar-refractivity contribution in [1.29, 1.82) is 0 Å². The second-order valence-electron chi connectivity index (χ2n) is 4.98. The second-order valence-corrected chi connectivity index (χ2v) is 5.84. The summed E-state index contributed by atoms with van der Waals surface area (Å²) in [7, 11) is 1.71. The smallest absolute Gasteiger partial charge is 0.231 e. The first-order valence-electron chi connectivity index (χ1n) is 5.84. The summed E-state index contributed by atoms with van der Waals surface area (Å²) in [6, 6.07) is 4.05. The van der Waals surface area contributed by atoms with E-state index in [4.69, 9.17) is 14.2 Å². The molecule has 0 spiro atoms. The van der Waals surface area contributed by atoms with Crippen molar-refractivity contribution in [1.82, 2.24) is 5.32 Å². The van der Waals surface area contributed by atoms with Crippen LogP contribution in [0.5, 0.6) is 11.5 Å². The predicted molar refractivity (Wildman–Crippen MR) is 73.1 cm³/mol. The normalized spacial score (nSPS) is 14.0. The van der Waals surface area contributed by atoms with Gasteiger partial charge in [-0.25, -0.2) is 0 Å². The minimum absolute atomic E-state index is 0.0579. The zero-order valence-corrected chi connectivity index (χ0v) is 12.5. The van der Waals surface area contributed by atoms with Gasteiger partial charge in [-0.2, -0.15) is 0 Å². The summed E-state index contributed by atoms with van der Waals surface area (Å²) in [6.07, 6.45) is 0. The molecule has 1 N–H and O–H groups in total. The fourth-order valence-electron chi connectivity index (χ4n) is 1.88. The molecule has 0 fully saturated rings. The van der Waals surface area contributed by atoms with Crippen molar-refractivity contribution in [2.75, 3.05) is 20.5 Å². The highest BCUT2D eigenvalue weighted by Gasteiger charge is 2.20. The maximum Gasteiger partial charge on any atom is 0.231 e. The highest BCUT2D eigenvalue weighted by molar-refractivity contribution is 9.10. The molecule has 0 saturated carbocycles. The topological polar surface area (TPSA) is 39.7 Å². The molecule has 5 heteroatoms. The van der Waals surface area contributed by atoms with Gasteiger partial charge in [0.15, 0.2) is 11.5 Å². The van der Waals surface area contributed by atoms with Gasteiger partial charge in [0.05, 0.1) is 11.1 Å². The molecular weight excluding hydrogens is 298 g/mol. The summed E-state index contributed by atoms with van der Waals surface area (Å²) in [5, 5.41) is 3.45. The van der Waals surface area contributed by atoms with Crippen molar-refractivity contribution >= 4 is 15.9 Å². The Morgan fingerprint density at radius 3 is 2.89 bits per heavy atom. The van der Waals surface area contributed by atoms with E-state index in [2.05, 4.69) is 35.1 Å². The quantitative estimate of drug-likeness (QED) is 0.907. The number of fused-ring (bicyclic) bond motifs is 1. The van der Waals surface area contributed by atoms with Crippen LogP contribution in [-0.2, 0) is 11.3 Å². The third-order valence-corrected chi connectivity index (χ3v) is 3.35. The number of rotatable bonds is 5. The van der Waals surface area contributed by atoms with Crippen LogP contribution in [0.4, 0.5) is 0 Å². The van der Waals surface area contributed by atoms with Gasteiger partial charge in [-0.15, -0.1) is 0 Å².